The third-order valence-electron chi connectivity index (χ3n) is 2.36. The number of halogens is 2. The molecule has 1 aromatic heterocycles. The quantitative estimate of drug-likeness (QED) is 0.656. The SMILES string of the molecule is Nc1ncc([N+](=O)[O-])cc1-c1cccc(F)c1F. The zero-order valence-electron chi connectivity index (χ0n) is 8.93. The third-order valence-corrected chi connectivity index (χ3v) is 2.36. The second-order valence-electron chi connectivity index (χ2n) is 3.48. The molecule has 2 N–H and O–H groups in total. The summed E-state index contributed by atoms with van der Waals surface area (Å²) in [5.74, 6) is -2.28. The van der Waals surface area contributed by atoms with E-state index in [-0.39, 0.29) is 22.6 Å². The van der Waals surface area contributed by atoms with Crippen molar-refractivity contribution in [2.24, 2.45) is 0 Å². The first-order valence-electron chi connectivity index (χ1n) is 4.85. The molecular weight excluding hydrogens is 244 g/mol. The fourth-order valence-electron chi connectivity index (χ4n) is 1.49. The van der Waals surface area contributed by atoms with Crippen molar-refractivity contribution < 1.29 is 13.7 Å². The van der Waals surface area contributed by atoms with Crippen molar-refractivity contribution in [3.8, 4) is 11.1 Å². The van der Waals surface area contributed by atoms with Gasteiger partial charge in [0.05, 0.1) is 4.92 Å². The van der Waals surface area contributed by atoms with Crippen molar-refractivity contribution in [3.63, 3.8) is 0 Å². The second kappa shape index (κ2) is 4.36. The van der Waals surface area contributed by atoms with Crippen LogP contribution in [0.2, 0.25) is 0 Å². The first-order valence-corrected chi connectivity index (χ1v) is 4.85. The molecule has 0 aliphatic carbocycles. The molecule has 0 unspecified atom stereocenters. The van der Waals surface area contributed by atoms with Gasteiger partial charge in [0.25, 0.3) is 5.69 Å². The van der Waals surface area contributed by atoms with Gasteiger partial charge in [-0.25, -0.2) is 13.8 Å². The van der Waals surface area contributed by atoms with Crippen LogP contribution < -0.4 is 5.73 Å². The van der Waals surface area contributed by atoms with Crippen LogP contribution in [0, 0.1) is 21.7 Å². The smallest absolute Gasteiger partial charge is 0.288 e. The lowest BCUT2D eigenvalue weighted by atomic mass is 10.1. The third kappa shape index (κ3) is 1.97. The van der Waals surface area contributed by atoms with Crippen molar-refractivity contribution in [2.75, 3.05) is 5.73 Å². The Bertz CT molecular complexity index is 632. The Morgan fingerprint density at radius 1 is 1.28 bits per heavy atom. The zero-order valence-corrected chi connectivity index (χ0v) is 8.93. The standard InChI is InChI=1S/C11H7F2N3O2/c12-9-3-1-2-7(10(9)13)8-4-6(16(17)18)5-15-11(8)14/h1-5H,(H2,14,15). The minimum atomic E-state index is -1.12. The van der Waals surface area contributed by atoms with Crippen molar-refractivity contribution in [3.05, 3.63) is 52.2 Å². The molecule has 5 nitrogen and oxygen atoms in total. The van der Waals surface area contributed by atoms with E-state index < -0.39 is 16.6 Å². The number of hydrogen-bond acceptors (Lipinski definition) is 4. The van der Waals surface area contributed by atoms with E-state index in [9.17, 15) is 18.9 Å². The average Bonchev–Trinajstić information content (AvgIpc) is 2.33. The minimum Gasteiger partial charge on any atom is -0.383 e. The summed E-state index contributed by atoms with van der Waals surface area (Å²) in [6.45, 7) is 0. The van der Waals surface area contributed by atoms with Crippen LogP contribution in [0.4, 0.5) is 20.3 Å². The maximum absolute atomic E-state index is 13.6. The number of hydrogen-bond donors (Lipinski definition) is 1. The maximum atomic E-state index is 13.6. The molecule has 0 saturated heterocycles. The Kier molecular flexibility index (Phi) is 2.88. The molecule has 0 bridgehead atoms. The largest absolute Gasteiger partial charge is 0.383 e. The van der Waals surface area contributed by atoms with E-state index in [1.807, 2.05) is 0 Å². The molecule has 0 aliphatic rings. The number of rotatable bonds is 2. The Balaban J connectivity index is 2.66. The molecule has 2 rings (SSSR count). The van der Waals surface area contributed by atoms with Gasteiger partial charge >= 0.3 is 0 Å². The lowest BCUT2D eigenvalue weighted by Gasteiger charge is -2.06. The Morgan fingerprint density at radius 2 is 2.00 bits per heavy atom. The van der Waals surface area contributed by atoms with Crippen LogP contribution in [0.1, 0.15) is 0 Å². The molecule has 1 aromatic carbocycles. The van der Waals surface area contributed by atoms with Crippen LogP contribution in [0.25, 0.3) is 11.1 Å². The van der Waals surface area contributed by atoms with Gasteiger partial charge in [-0.05, 0) is 6.07 Å². The van der Waals surface area contributed by atoms with Gasteiger partial charge in [-0.2, -0.15) is 0 Å². The maximum Gasteiger partial charge on any atom is 0.288 e. The molecule has 7 heteroatoms. The highest BCUT2D eigenvalue weighted by Crippen LogP contribution is 2.30. The van der Waals surface area contributed by atoms with E-state index in [2.05, 4.69) is 4.98 Å². The molecule has 18 heavy (non-hydrogen) atoms. The molecule has 0 radical (unpaired) electrons. The Labute approximate surface area is 100 Å². The predicted octanol–water partition coefficient (Wildman–Crippen LogP) is 2.52. The number of pyridine rings is 1. The average molecular weight is 251 g/mol. The highest BCUT2D eigenvalue weighted by molar-refractivity contribution is 5.76. The zero-order chi connectivity index (χ0) is 13.3. The fourth-order valence-corrected chi connectivity index (χ4v) is 1.49. The van der Waals surface area contributed by atoms with E-state index in [1.54, 1.807) is 0 Å². The number of benzene rings is 1. The van der Waals surface area contributed by atoms with Gasteiger partial charge in [0.15, 0.2) is 11.6 Å². The monoisotopic (exact) mass is 251 g/mol. The summed E-state index contributed by atoms with van der Waals surface area (Å²) in [5, 5.41) is 10.6. The lowest BCUT2D eigenvalue weighted by Crippen LogP contribution is -1.99. The van der Waals surface area contributed by atoms with Crippen LogP contribution in [0.3, 0.4) is 0 Å². The van der Waals surface area contributed by atoms with Gasteiger partial charge in [0, 0.05) is 17.2 Å². The summed E-state index contributed by atoms with van der Waals surface area (Å²) in [4.78, 5) is 13.5. The van der Waals surface area contributed by atoms with Crippen molar-refractivity contribution in [1.82, 2.24) is 4.98 Å². The molecular formula is C11H7F2N3O2. The number of nitrogen functional groups attached to an aromatic ring is 1. The normalized spacial score (nSPS) is 10.3. The van der Waals surface area contributed by atoms with E-state index in [1.165, 1.54) is 12.1 Å². The predicted molar refractivity (Wildman–Crippen MR) is 60.7 cm³/mol. The Hall–Kier alpha value is -2.57. The van der Waals surface area contributed by atoms with E-state index in [0.717, 1.165) is 18.3 Å². The van der Waals surface area contributed by atoms with Crippen LogP contribution in [-0.2, 0) is 0 Å². The van der Waals surface area contributed by atoms with Crippen molar-refractivity contribution >= 4 is 11.5 Å². The van der Waals surface area contributed by atoms with Crippen LogP contribution in [0.15, 0.2) is 30.5 Å². The van der Waals surface area contributed by atoms with Crippen LogP contribution in [0.5, 0.6) is 0 Å². The highest BCUT2D eigenvalue weighted by atomic mass is 19.2. The summed E-state index contributed by atoms with van der Waals surface area (Å²) < 4.78 is 26.7. The van der Waals surface area contributed by atoms with E-state index in [4.69, 9.17) is 5.73 Å². The highest BCUT2D eigenvalue weighted by Gasteiger charge is 2.16. The van der Waals surface area contributed by atoms with Gasteiger partial charge in [0.1, 0.15) is 12.0 Å². The number of aromatic nitrogens is 1. The number of nitrogens with two attached hydrogens (primary N) is 1. The summed E-state index contributed by atoms with van der Waals surface area (Å²) in [7, 11) is 0. The first-order chi connectivity index (χ1) is 8.50. The molecule has 1 heterocycles. The van der Waals surface area contributed by atoms with Crippen molar-refractivity contribution in [2.45, 2.75) is 0 Å². The van der Waals surface area contributed by atoms with Gasteiger partial charge in [-0.3, -0.25) is 10.1 Å². The molecule has 0 atom stereocenters. The number of nitro groups is 1. The van der Waals surface area contributed by atoms with E-state index in [0.29, 0.717) is 0 Å². The summed E-state index contributed by atoms with van der Waals surface area (Å²) in [6, 6.07) is 4.56. The fraction of sp³-hybridized carbons (Fsp3) is 0. The molecule has 2 aromatic rings. The molecule has 0 spiro atoms. The topological polar surface area (TPSA) is 82.0 Å². The second-order valence-corrected chi connectivity index (χ2v) is 3.48. The minimum absolute atomic E-state index is 0.0128. The summed E-state index contributed by atoms with van der Waals surface area (Å²) in [6.07, 6.45) is 0.954. The molecule has 0 fully saturated rings. The summed E-state index contributed by atoms with van der Waals surface area (Å²) in [5.41, 5.74) is 5.00. The van der Waals surface area contributed by atoms with Gasteiger partial charge in [0.2, 0.25) is 0 Å². The molecule has 0 amide bonds. The molecule has 0 aliphatic heterocycles. The van der Waals surface area contributed by atoms with Gasteiger partial charge in [-0.1, -0.05) is 12.1 Å². The van der Waals surface area contributed by atoms with Gasteiger partial charge < -0.3 is 5.73 Å². The molecule has 0 saturated carbocycles. The first kappa shape index (κ1) is 11.9. The van der Waals surface area contributed by atoms with Gasteiger partial charge in [-0.15, -0.1) is 0 Å². The molecule has 92 valence electrons. The number of anilines is 1. The summed E-state index contributed by atoms with van der Waals surface area (Å²) >= 11 is 0. The number of nitrogens with zero attached hydrogens (tertiary/aromatic N) is 2. The Morgan fingerprint density at radius 3 is 2.67 bits per heavy atom. The van der Waals surface area contributed by atoms with Crippen LogP contribution in [-0.4, -0.2) is 9.91 Å². The van der Waals surface area contributed by atoms with E-state index >= 15 is 0 Å². The van der Waals surface area contributed by atoms with Crippen LogP contribution >= 0.6 is 0 Å². The lowest BCUT2D eigenvalue weighted by molar-refractivity contribution is -0.385. The van der Waals surface area contributed by atoms with Crippen molar-refractivity contribution in [1.29, 1.82) is 0 Å².